The van der Waals surface area contributed by atoms with Gasteiger partial charge in [0, 0.05) is 22.5 Å². The number of carboxylic acid groups (broad SMARTS) is 1. The zero-order chi connectivity index (χ0) is 21.3. The van der Waals surface area contributed by atoms with E-state index < -0.39 is 11.9 Å². The summed E-state index contributed by atoms with van der Waals surface area (Å²) in [6.07, 6.45) is 1.63. The predicted octanol–water partition coefficient (Wildman–Crippen LogP) is 4.76. The summed E-state index contributed by atoms with van der Waals surface area (Å²) in [6.45, 7) is 4.01. The molecule has 0 amide bonds. The second kappa shape index (κ2) is 8.34. The van der Waals surface area contributed by atoms with Crippen molar-refractivity contribution >= 4 is 22.8 Å². The number of fused-ring (bicyclic) bond motifs is 3. The molecule has 2 aromatic carbocycles. The number of benzene rings is 2. The van der Waals surface area contributed by atoms with Crippen molar-refractivity contribution in [1.82, 2.24) is 4.57 Å². The third-order valence-electron chi connectivity index (χ3n) is 6.17. The van der Waals surface area contributed by atoms with Crippen LogP contribution >= 0.6 is 0 Å². The van der Waals surface area contributed by atoms with Crippen LogP contribution in [0.15, 0.2) is 54.6 Å². The molecule has 0 saturated heterocycles. The first-order valence-electron chi connectivity index (χ1n) is 10.6. The minimum absolute atomic E-state index is 0.0835. The molecule has 0 fully saturated rings. The number of nitrogens with zero attached hydrogens (tertiary/aromatic N) is 1. The van der Waals surface area contributed by atoms with E-state index in [1.807, 2.05) is 73.0 Å². The number of hydrogen-bond acceptors (Lipinski definition) is 3. The van der Waals surface area contributed by atoms with Gasteiger partial charge in [0.1, 0.15) is 6.54 Å². The Bertz CT molecular complexity index is 1070. The van der Waals surface area contributed by atoms with E-state index in [1.54, 1.807) is 0 Å². The molecule has 1 aliphatic rings. The summed E-state index contributed by atoms with van der Waals surface area (Å²) in [5.74, 6) is -1.57. The van der Waals surface area contributed by atoms with Gasteiger partial charge in [0.05, 0.1) is 12.0 Å². The molecule has 30 heavy (non-hydrogen) atoms. The molecule has 2 unspecified atom stereocenters. The third kappa shape index (κ3) is 3.72. The normalized spacial score (nSPS) is 19.3. The molecule has 156 valence electrons. The van der Waals surface area contributed by atoms with Crippen LogP contribution in [0.2, 0.25) is 0 Å². The maximum absolute atomic E-state index is 12.7. The van der Waals surface area contributed by atoms with Crippen LogP contribution < -0.4 is 0 Å². The van der Waals surface area contributed by atoms with Crippen LogP contribution in [0.4, 0.5) is 0 Å². The lowest BCUT2D eigenvalue weighted by Gasteiger charge is -2.30. The summed E-state index contributed by atoms with van der Waals surface area (Å²) in [6, 6.07) is 17.9. The van der Waals surface area contributed by atoms with Gasteiger partial charge in [-0.3, -0.25) is 9.59 Å². The van der Waals surface area contributed by atoms with E-state index in [2.05, 4.69) is 0 Å². The number of carboxylic acids is 1. The largest absolute Gasteiger partial charge is 0.481 e. The summed E-state index contributed by atoms with van der Waals surface area (Å²) in [4.78, 5) is 24.6. The van der Waals surface area contributed by atoms with Crippen molar-refractivity contribution in [2.75, 3.05) is 0 Å². The molecule has 1 heterocycles. The Morgan fingerprint density at radius 3 is 2.53 bits per heavy atom. The van der Waals surface area contributed by atoms with Crippen molar-refractivity contribution < 1.29 is 19.4 Å². The van der Waals surface area contributed by atoms with Crippen LogP contribution in [0.3, 0.4) is 0 Å². The number of hydrogen-bond donors (Lipinski definition) is 1. The molecule has 4 rings (SSSR count). The number of carbonyl (C=O) groups excluding carboxylic acids is 1. The fraction of sp³-hybridized carbons (Fsp3) is 0.360. The van der Waals surface area contributed by atoms with Gasteiger partial charge in [-0.05, 0) is 43.4 Å². The van der Waals surface area contributed by atoms with E-state index in [0.29, 0.717) is 12.8 Å². The zero-order valence-electron chi connectivity index (χ0n) is 17.4. The van der Waals surface area contributed by atoms with Crippen molar-refractivity contribution in [3.05, 3.63) is 71.4 Å². The van der Waals surface area contributed by atoms with E-state index in [9.17, 15) is 14.7 Å². The monoisotopic (exact) mass is 405 g/mol. The average Bonchev–Trinajstić information content (AvgIpc) is 3.07. The highest BCUT2D eigenvalue weighted by atomic mass is 16.5. The van der Waals surface area contributed by atoms with E-state index >= 15 is 0 Å². The number of rotatable bonds is 6. The minimum atomic E-state index is -0.769. The predicted molar refractivity (Wildman–Crippen MR) is 116 cm³/mol. The molecule has 0 spiro atoms. The molecule has 1 N–H and O–H groups in total. The Morgan fingerprint density at radius 2 is 1.83 bits per heavy atom. The Morgan fingerprint density at radius 1 is 1.13 bits per heavy atom. The molecule has 0 bridgehead atoms. The highest BCUT2D eigenvalue weighted by Crippen LogP contribution is 2.44. The van der Waals surface area contributed by atoms with Gasteiger partial charge in [-0.15, -0.1) is 0 Å². The highest BCUT2D eigenvalue weighted by Gasteiger charge is 2.36. The van der Waals surface area contributed by atoms with Crippen LogP contribution in [0.1, 0.15) is 49.4 Å². The quantitative estimate of drug-likeness (QED) is 0.600. The van der Waals surface area contributed by atoms with E-state index in [4.69, 9.17) is 4.74 Å². The van der Waals surface area contributed by atoms with Crippen molar-refractivity contribution in [2.45, 2.75) is 51.7 Å². The standard InChI is InChI=1S/C25H27NO4/c1-3-16(2)30-23(27)15-26-22-12-8-7-11-19(22)21-14-18(25(28)29)13-20(24(21)26)17-9-5-4-6-10-17/h4-12,16,18,20H,3,13-15H2,1-2H3,(H,28,29)/t16?,18?,20-/m1/s1. The molecular weight excluding hydrogens is 378 g/mol. The first-order valence-corrected chi connectivity index (χ1v) is 10.6. The van der Waals surface area contributed by atoms with Gasteiger partial charge in [-0.1, -0.05) is 55.5 Å². The van der Waals surface area contributed by atoms with E-state index in [0.717, 1.165) is 34.1 Å². The van der Waals surface area contributed by atoms with Gasteiger partial charge < -0.3 is 14.4 Å². The summed E-state index contributed by atoms with van der Waals surface area (Å²) in [5.41, 5.74) is 4.11. The number of para-hydroxylation sites is 1. The topological polar surface area (TPSA) is 68.5 Å². The molecule has 0 saturated carbocycles. The van der Waals surface area contributed by atoms with Crippen molar-refractivity contribution in [3.8, 4) is 0 Å². The van der Waals surface area contributed by atoms with Crippen LogP contribution in [0.25, 0.3) is 10.9 Å². The van der Waals surface area contributed by atoms with Gasteiger partial charge in [-0.2, -0.15) is 0 Å². The number of esters is 1. The number of aliphatic carboxylic acids is 1. The molecule has 0 radical (unpaired) electrons. The second-order valence-corrected chi connectivity index (χ2v) is 8.11. The van der Waals surface area contributed by atoms with Crippen molar-refractivity contribution in [3.63, 3.8) is 0 Å². The summed E-state index contributed by atoms with van der Waals surface area (Å²) in [5, 5.41) is 10.8. The van der Waals surface area contributed by atoms with Gasteiger partial charge in [0.15, 0.2) is 0 Å². The lowest BCUT2D eigenvalue weighted by atomic mass is 9.76. The van der Waals surface area contributed by atoms with Gasteiger partial charge >= 0.3 is 11.9 Å². The van der Waals surface area contributed by atoms with Gasteiger partial charge in [0.25, 0.3) is 0 Å². The average molecular weight is 405 g/mol. The molecule has 0 aliphatic heterocycles. The Labute approximate surface area is 176 Å². The lowest BCUT2D eigenvalue weighted by molar-refractivity contribution is -0.149. The molecule has 5 nitrogen and oxygen atoms in total. The number of ether oxygens (including phenoxy) is 1. The van der Waals surface area contributed by atoms with Crippen LogP contribution in [-0.4, -0.2) is 27.7 Å². The Hall–Kier alpha value is -3.08. The maximum atomic E-state index is 12.7. The number of aromatic nitrogens is 1. The number of carbonyl (C=O) groups is 2. The first-order chi connectivity index (χ1) is 14.5. The minimum Gasteiger partial charge on any atom is -0.481 e. The second-order valence-electron chi connectivity index (χ2n) is 8.11. The third-order valence-corrected chi connectivity index (χ3v) is 6.17. The van der Waals surface area contributed by atoms with Crippen LogP contribution in [0.5, 0.6) is 0 Å². The van der Waals surface area contributed by atoms with E-state index in [-0.39, 0.29) is 24.5 Å². The van der Waals surface area contributed by atoms with E-state index in [1.165, 1.54) is 0 Å². The fourth-order valence-electron chi connectivity index (χ4n) is 4.55. The highest BCUT2D eigenvalue weighted by molar-refractivity contribution is 5.88. The van der Waals surface area contributed by atoms with Crippen molar-refractivity contribution in [2.24, 2.45) is 5.92 Å². The van der Waals surface area contributed by atoms with Crippen LogP contribution in [-0.2, 0) is 27.3 Å². The molecule has 1 aliphatic carbocycles. The summed E-state index contributed by atoms with van der Waals surface area (Å²) < 4.78 is 7.61. The first kappa shape index (κ1) is 20.2. The van der Waals surface area contributed by atoms with Gasteiger partial charge in [-0.25, -0.2) is 0 Å². The summed E-state index contributed by atoms with van der Waals surface area (Å²) in [7, 11) is 0. The molecule has 3 atom stereocenters. The Kier molecular flexibility index (Phi) is 5.62. The molecule has 3 aromatic rings. The molecule has 1 aromatic heterocycles. The van der Waals surface area contributed by atoms with Crippen LogP contribution in [0, 0.1) is 5.92 Å². The fourth-order valence-corrected chi connectivity index (χ4v) is 4.55. The molecular formula is C25H27NO4. The smallest absolute Gasteiger partial charge is 0.326 e. The lowest BCUT2D eigenvalue weighted by Crippen LogP contribution is -2.28. The maximum Gasteiger partial charge on any atom is 0.326 e. The Balaban J connectivity index is 1.87. The van der Waals surface area contributed by atoms with Crippen molar-refractivity contribution in [1.29, 1.82) is 0 Å². The summed E-state index contributed by atoms with van der Waals surface area (Å²) >= 11 is 0. The molecule has 5 heteroatoms. The van der Waals surface area contributed by atoms with Gasteiger partial charge in [0.2, 0.25) is 0 Å². The SMILES string of the molecule is CCC(C)OC(=O)Cn1c2c(c3ccccc31)CC(C(=O)O)C[C@@H]2c1ccccc1. The zero-order valence-corrected chi connectivity index (χ0v) is 17.4.